The van der Waals surface area contributed by atoms with Crippen LogP contribution < -0.4 is 11.1 Å². The Hall–Kier alpha value is -2.85. The number of aromatic nitrogens is 4. The fourth-order valence-electron chi connectivity index (χ4n) is 3.11. The maximum atomic E-state index is 12.7. The van der Waals surface area contributed by atoms with Crippen LogP contribution in [0.5, 0.6) is 0 Å². The minimum atomic E-state index is -3.66. The second-order valence-corrected chi connectivity index (χ2v) is 8.27. The monoisotopic (exact) mass is 387 g/mol. The summed E-state index contributed by atoms with van der Waals surface area (Å²) < 4.78 is 29.0. The SMILES string of the molecule is O=c1ccc(S(=O)(=O)N2CCCC2)cn1Cn1nnc2ccccc2c1=O. The quantitative estimate of drug-likeness (QED) is 0.635. The number of sulfonamides is 1. The van der Waals surface area contributed by atoms with E-state index in [0.29, 0.717) is 24.0 Å². The van der Waals surface area contributed by atoms with Crippen molar-refractivity contribution in [1.82, 2.24) is 23.9 Å². The molecular formula is C17H17N5O4S. The minimum Gasteiger partial charge on any atom is -0.294 e. The van der Waals surface area contributed by atoms with E-state index in [-0.39, 0.29) is 11.6 Å². The zero-order valence-corrected chi connectivity index (χ0v) is 15.2. The summed E-state index contributed by atoms with van der Waals surface area (Å²) in [4.78, 5) is 24.8. The van der Waals surface area contributed by atoms with Gasteiger partial charge in [-0.1, -0.05) is 17.3 Å². The van der Waals surface area contributed by atoms with Crippen molar-refractivity contribution in [2.75, 3.05) is 13.1 Å². The molecule has 27 heavy (non-hydrogen) atoms. The first-order valence-electron chi connectivity index (χ1n) is 8.50. The maximum Gasteiger partial charge on any atom is 0.279 e. The summed E-state index contributed by atoms with van der Waals surface area (Å²) in [5.74, 6) is 0. The third-order valence-electron chi connectivity index (χ3n) is 4.57. The van der Waals surface area contributed by atoms with Gasteiger partial charge in [-0.25, -0.2) is 8.42 Å². The van der Waals surface area contributed by atoms with Crippen LogP contribution in [0.25, 0.3) is 10.9 Å². The number of benzene rings is 1. The van der Waals surface area contributed by atoms with Crippen LogP contribution in [0.3, 0.4) is 0 Å². The van der Waals surface area contributed by atoms with Gasteiger partial charge in [0.1, 0.15) is 12.2 Å². The molecule has 4 rings (SSSR count). The van der Waals surface area contributed by atoms with E-state index < -0.39 is 21.1 Å². The average Bonchev–Trinajstić information content (AvgIpc) is 3.21. The van der Waals surface area contributed by atoms with E-state index in [1.54, 1.807) is 24.3 Å². The van der Waals surface area contributed by atoms with Gasteiger partial charge in [0.05, 0.1) is 10.3 Å². The lowest BCUT2D eigenvalue weighted by molar-refractivity contribution is 0.468. The highest BCUT2D eigenvalue weighted by Crippen LogP contribution is 2.19. The highest BCUT2D eigenvalue weighted by Gasteiger charge is 2.27. The van der Waals surface area contributed by atoms with E-state index in [2.05, 4.69) is 10.3 Å². The van der Waals surface area contributed by atoms with Crippen molar-refractivity contribution in [2.45, 2.75) is 24.4 Å². The molecule has 0 unspecified atom stereocenters. The standard InChI is InChI=1S/C17H17N5O4S/c23-16-8-7-13(27(25,26)21-9-3-4-10-21)11-20(16)12-22-17(24)14-5-1-2-6-15(14)18-19-22/h1-2,5-8,11H,3-4,9-10,12H2. The van der Waals surface area contributed by atoms with Gasteiger partial charge in [-0.3, -0.25) is 14.2 Å². The van der Waals surface area contributed by atoms with Crippen LogP contribution in [0.1, 0.15) is 12.8 Å². The molecule has 0 spiro atoms. The number of nitrogens with zero attached hydrogens (tertiary/aromatic N) is 5. The van der Waals surface area contributed by atoms with E-state index in [9.17, 15) is 18.0 Å². The molecule has 1 aliphatic rings. The molecule has 0 N–H and O–H groups in total. The van der Waals surface area contributed by atoms with Gasteiger partial charge in [0.15, 0.2) is 0 Å². The van der Waals surface area contributed by atoms with Crippen molar-refractivity contribution in [3.8, 4) is 0 Å². The van der Waals surface area contributed by atoms with Gasteiger partial charge >= 0.3 is 0 Å². The van der Waals surface area contributed by atoms with Crippen molar-refractivity contribution in [3.63, 3.8) is 0 Å². The number of rotatable bonds is 4. The lowest BCUT2D eigenvalue weighted by Crippen LogP contribution is -2.33. The molecule has 3 heterocycles. The van der Waals surface area contributed by atoms with Crippen molar-refractivity contribution in [1.29, 1.82) is 0 Å². The molecule has 0 amide bonds. The van der Waals surface area contributed by atoms with Crippen LogP contribution in [-0.2, 0) is 16.7 Å². The molecular weight excluding hydrogens is 370 g/mol. The van der Waals surface area contributed by atoms with Gasteiger partial charge < -0.3 is 0 Å². The summed E-state index contributed by atoms with van der Waals surface area (Å²) in [7, 11) is -3.66. The zero-order chi connectivity index (χ0) is 19.0. The average molecular weight is 387 g/mol. The Morgan fingerprint density at radius 3 is 2.52 bits per heavy atom. The third kappa shape index (κ3) is 3.17. The van der Waals surface area contributed by atoms with E-state index >= 15 is 0 Å². The molecule has 0 atom stereocenters. The summed E-state index contributed by atoms with van der Waals surface area (Å²) >= 11 is 0. The van der Waals surface area contributed by atoms with Crippen LogP contribution in [0.15, 0.2) is 57.1 Å². The fourth-order valence-corrected chi connectivity index (χ4v) is 4.65. The first kappa shape index (κ1) is 17.6. The maximum absolute atomic E-state index is 12.7. The molecule has 0 aliphatic carbocycles. The molecule has 9 nitrogen and oxygen atoms in total. The highest BCUT2D eigenvalue weighted by molar-refractivity contribution is 7.89. The number of hydrogen-bond donors (Lipinski definition) is 0. The van der Waals surface area contributed by atoms with Gasteiger partial charge in [-0.05, 0) is 31.0 Å². The largest absolute Gasteiger partial charge is 0.294 e. The Morgan fingerprint density at radius 2 is 1.74 bits per heavy atom. The first-order valence-corrected chi connectivity index (χ1v) is 9.94. The summed E-state index contributed by atoms with van der Waals surface area (Å²) in [6.45, 7) is 0.715. The molecule has 140 valence electrons. The molecule has 10 heteroatoms. The van der Waals surface area contributed by atoms with Gasteiger partial charge in [0.25, 0.3) is 11.1 Å². The van der Waals surface area contributed by atoms with Gasteiger partial charge in [-0.15, -0.1) is 5.10 Å². The van der Waals surface area contributed by atoms with Crippen molar-refractivity contribution in [2.24, 2.45) is 0 Å². The second-order valence-electron chi connectivity index (χ2n) is 6.34. The van der Waals surface area contributed by atoms with E-state index in [4.69, 9.17) is 0 Å². The molecule has 1 aliphatic heterocycles. The Bertz CT molecular complexity index is 1230. The number of hydrogen-bond acceptors (Lipinski definition) is 6. The summed E-state index contributed by atoms with van der Waals surface area (Å²) in [5.41, 5.74) is -0.381. The predicted octanol–water partition coefficient (Wildman–Crippen LogP) is 0.243. The van der Waals surface area contributed by atoms with Crippen LogP contribution >= 0.6 is 0 Å². The van der Waals surface area contributed by atoms with Crippen LogP contribution in [0.4, 0.5) is 0 Å². The molecule has 3 aromatic rings. The van der Waals surface area contributed by atoms with Gasteiger partial charge in [-0.2, -0.15) is 8.99 Å². The molecule has 0 radical (unpaired) electrons. The Kier molecular flexibility index (Phi) is 4.36. The van der Waals surface area contributed by atoms with Gasteiger partial charge in [0, 0.05) is 25.4 Å². The highest BCUT2D eigenvalue weighted by atomic mass is 32.2. The fraction of sp³-hybridized carbons (Fsp3) is 0.294. The topological polar surface area (TPSA) is 107 Å². The summed E-state index contributed by atoms with van der Waals surface area (Å²) in [5, 5.41) is 8.20. The molecule has 2 aromatic heterocycles. The molecule has 1 fully saturated rings. The lowest BCUT2D eigenvalue weighted by atomic mass is 10.2. The summed E-state index contributed by atoms with van der Waals surface area (Å²) in [6.07, 6.45) is 2.89. The van der Waals surface area contributed by atoms with E-state index in [0.717, 1.165) is 22.1 Å². The number of pyridine rings is 1. The van der Waals surface area contributed by atoms with E-state index in [1.807, 2.05) is 0 Å². The third-order valence-corrected chi connectivity index (χ3v) is 6.46. The minimum absolute atomic E-state index is 0.0193. The van der Waals surface area contributed by atoms with E-state index in [1.165, 1.54) is 22.6 Å². The molecule has 1 saturated heterocycles. The molecule has 0 saturated carbocycles. The van der Waals surface area contributed by atoms with Gasteiger partial charge in [0.2, 0.25) is 10.0 Å². The first-order chi connectivity index (χ1) is 13.0. The normalized spacial score (nSPS) is 15.4. The molecule has 1 aromatic carbocycles. The Balaban J connectivity index is 1.74. The molecule has 0 bridgehead atoms. The Labute approximate surface area is 154 Å². The second kappa shape index (κ2) is 6.71. The van der Waals surface area contributed by atoms with Crippen LogP contribution in [0, 0.1) is 0 Å². The van der Waals surface area contributed by atoms with Crippen LogP contribution in [0.2, 0.25) is 0 Å². The van der Waals surface area contributed by atoms with Crippen LogP contribution in [-0.4, -0.2) is 45.4 Å². The predicted molar refractivity (Wildman–Crippen MR) is 97.9 cm³/mol. The van der Waals surface area contributed by atoms with Crippen molar-refractivity contribution >= 4 is 20.9 Å². The summed E-state index contributed by atoms with van der Waals surface area (Å²) in [6, 6.07) is 9.23. The number of fused-ring (bicyclic) bond motifs is 1. The van der Waals surface area contributed by atoms with Crippen molar-refractivity contribution < 1.29 is 8.42 Å². The lowest BCUT2D eigenvalue weighted by Gasteiger charge is -2.16. The Morgan fingerprint density at radius 1 is 1.00 bits per heavy atom. The smallest absolute Gasteiger partial charge is 0.279 e. The van der Waals surface area contributed by atoms with Crippen molar-refractivity contribution in [3.05, 3.63) is 63.3 Å². The zero-order valence-electron chi connectivity index (χ0n) is 14.4.